The molecule has 0 unspecified atom stereocenters. The van der Waals surface area contributed by atoms with Gasteiger partial charge in [0.05, 0.1) is 39.1 Å². The van der Waals surface area contributed by atoms with Crippen LogP contribution in [0.1, 0.15) is 22.4 Å². The maximum Gasteiger partial charge on any atom is 0.101 e. The van der Waals surface area contributed by atoms with Gasteiger partial charge in [0.2, 0.25) is 0 Å². The monoisotopic (exact) mass is 706 g/mol. The summed E-state index contributed by atoms with van der Waals surface area (Å²) in [5.41, 5.74) is 11.6. The normalized spacial score (nSPS) is 11.5. The number of hydrogen-bond donors (Lipinski definition) is 0. The number of para-hydroxylation sites is 1. The van der Waals surface area contributed by atoms with Crippen LogP contribution >= 0.6 is 11.3 Å². The minimum Gasteiger partial charge on any atom is -0.312 e. The Labute approximate surface area is 315 Å². The van der Waals surface area contributed by atoms with Gasteiger partial charge >= 0.3 is 0 Å². The van der Waals surface area contributed by atoms with Gasteiger partial charge in [0.1, 0.15) is 12.1 Å². The van der Waals surface area contributed by atoms with E-state index in [1.54, 1.807) is 11.3 Å². The van der Waals surface area contributed by atoms with Crippen molar-refractivity contribution in [2.24, 2.45) is 0 Å². The summed E-state index contributed by atoms with van der Waals surface area (Å²) in [4.78, 5) is 0. The van der Waals surface area contributed by atoms with Gasteiger partial charge in [0.15, 0.2) is 0 Å². The average molecular weight is 707 g/mol. The van der Waals surface area contributed by atoms with Crippen molar-refractivity contribution < 1.29 is 0 Å². The minimum atomic E-state index is 0.479. The number of aromatic nitrogens is 2. The topological polar surface area (TPSA) is 57.4 Å². The molecule has 5 heteroatoms. The summed E-state index contributed by atoms with van der Waals surface area (Å²) in [6.45, 7) is 6.22. The smallest absolute Gasteiger partial charge is 0.101 e. The van der Waals surface area contributed by atoms with Gasteiger partial charge in [-0.2, -0.15) is 10.5 Å². The lowest BCUT2D eigenvalue weighted by Crippen LogP contribution is -2.05. The van der Waals surface area contributed by atoms with Gasteiger partial charge in [-0.05, 0) is 77.7 Å². The second-order valence-electron chi connectivity index (χ2n) is 13.6. The summed E-state index contributed by atoms with van der Waals surface area (Å²) < 4.78 is 6.78. The molecule has 0 amide bonds. The molecule has 10 rings (SSSR count). The van der Waals surface area contributed by atoms with Crippen LogP contribution in [0.5, 0.6) is 0 Å². The molecule has 0 fully saturated rings. The van der Waals surface area contributed by atoms with Crippen LogP contribution < -0.4 is 0 Å². The molecule has 10 aromatic rings. The molecule has 0 saturated carbocycles. The van der Waals surface area contributed by atoms with Crippen LogP contribution in [0.4, 0.5) is 0 Å². The summed E-state index contributed by atoms with van der Waals surface area (Å²) >= 11 is 1.79. The fraction of sp³-hybridized carbons (Fsp3) is 0.0204. The Morgan fingerprint density at radius 1 is 0.556 bits per heavy atom. The van der Waals surface area contributed by atoms with E-state index >= 15 is 0 Å². The van der Waals surface area contributed by atoms with Crippen LogP contribution in [0.15, 0.2) is 152 Å². The maximum absolute atomic E-state index is 10.9. The van der Waals surface area contributed by atoms with Crippen molar-refractivity contribution in [1.82, 2.24) is 9.13 Å². The lowest BCUT2D eigenvalue weighted by Gasteiger charge is -2.16. The van der Waals surface area contributed by atoms with Crippen molar-refractivity contribution in [1.29, 1.82) is 10.5 Å². The van der Waals surface area contributed by atoms with Crippen molar-refractivity contribution in [3.63, 3.8) is 0 Å². The SMILES string of the molecule is C=Cc1ccccc1-c1c(C)n(-c2cc(C#N)c(-n3c4ccccc4c4c5c(ccc43)sc3ccccc35)cc2C#N)c2ccc(-c3ccccc3)cc12. The first-order valence-electron chi connectivity index (χ1n) is 17.8. The molecule has 0 spiro atoms. The molecule has 4 nitrogen and oxygen atoms in total. The third kappa shape index (κ3) is 4.53. The zero-order valence-electron chi connectivity index (χ0n) is 29.3. The van der Waals surface area contributed by atoms with Crippen LogP contribution in [0.3, 0.4) is 0 Å². The first-order chi connectivity index (χ1) is 26.6. The minimum absolute atomic E-state index is 0.479. The number of thiophene rings is 1. The second kappa shape index (κ2) is 12.2. The molecule has 0 aliphatic rings. The van der Waals surface area contributed by atoms with E-state index in [-0.39, 0.29) is 0 Å². The third-order valence-corrected chi connectivity index (χ3v) is 11.9. The molecule has 0 radical (unpaired) electrons. The van der Waals surface area contributed by atoms with Crippen LogP contribution in [-0.4, -0.2) is 9.13 Å². The van der Waals surface area contributed by atoms with Crippen molar-refractivity contribution in [3.8, 4) is 45.8 Å². The number of fused-ring (bicyclic) bond motifs is 8. The molecule has 3 aromatic heterocycles. The molecule has 7 aromatic carbocycles. The van der Waals surface area contributed by atoms with Gasteiger partial charge in [-0.15, -0.1) is 11.3 Å². The maximum atomic E-state index is 10.9. The fourth-order valence-corrected chi connectivity index (χ4v) is 9.56. The quantitative estimate of drug-likeness (QED) is 0.179. The van der Waals surface area contributed by atoms with E-state index < -0.39 is 0 Å². The molecule has 0 saturated heterocycles. The highest BCUT2D eigenvalue weighted by molar-refractivity contribution is 7.26. The molecule has 0 N–H and O–H groups in total. The molecule has 3 heterocycles. The van der Waals surface area contributed by atoms with Crippen molar-refractivity contribution in [2.75, 3.05) is 0 Å². The Morgan fingerprint density at radius 2 is 1.20 bits per heavy atom. The van der Waals surface area contributed by atoms with Gasteiger partial charge in [0.25, 0.3) is 0 Å². The van der Waals surface area contributed by atoms with E-state index in [0.717, 1.165) is 66.2 Å². The second-order valence-corrected chi connectivity index (χ2v) is 14.7. The predicted octanol–water partition coefficient (Wildman–Crippen LogP) is 13.1. The van der Waals surface area contributed by atoms with Gasteiger partial charge < -0.3 is 9.13 Å². The third-order valence-electron chi connectivity index (χ3n) is 10.8. The zero-order chi connectivity index (χ0) is 36.5. The van der Waals surface area contributed by atoms with E-state index in [1.165, 1.54) is 20.2 Å². The first-order valence-corrected chi connectivity index (χ1v) is 18.7. The number of nitrogens with zero attached hydrogens (tertiary/aromatic N) is 4. The Kier molecular flexibility index (Phi) is 7.13. The molecular formula is C49H30N4S. The van der Waals surface area contributed by atoms with Gasteiger partial charge in [0, 0.05) is 47.6 Å². The summed E-state index contributed by atoms with van der Waals surface area (Å²) in [6, 6.07) is 55.3. The van der Waals surface area contributed by atoms with E-state index in [2.05, 4.69) is 144 Å². The Balaban J connectivity index is 1.27. The van der Waals surface area contributed by atoms with Gasteiger partial charge in [-0.25, -0.2) is 0 Å². The van der Waals surface area contributed by atoms with Crippen LogP contribution in [-0.2, 0) is 0 Å². The molecule has 252 valence electrons. The molecule has 0 aliphatic heterocycles. The van der Waals surface area contributed by atoms with E-state index in [1.807, 2.05) is 42.5 Å². The number of nitriles is 2. The van der Waals surface area contributed by atoms with Crippen molar-refractivity contribution in [2.45, 2.75) is 6.92 Å². The summed E-state index contributed by atoms with van der Waals surface area (Å²) in [6.07, 6.45) is 1.89. The van der Waals surface area contributed by atoms with E-state index in [9.17, 15) is 10.5 Å². The van der Waals surface area contributed by atoms with Crippen LogP contribution in [0.25, 0.3) is 92.6 Å². The largest absolute Gasteiger partial charge is 0.312 e. The molecule has 0 aliphatic carbocycles. The fourth-order valence-electron chi connectivity index (χ4n) is 8.44. The summed E-state index contributed by atoms with van der Waals surface area (Å²) in [7, 11) is 0. The Hall–Kier alpha value is -7.18. The number of rotatable bonds is 5. The highest BCUT2D eigenvalue weighted by Gasteiger charge is 2.24. The van der Waals surface area contributed by atoms with E-state index in [0.29, 0.717) is 22.5 Å². The van der Waals surface area contributed by atoms with Crippen LogP contribution in [0.2, 0.25) is 0 Å². The van der Waals surface area contributed by atoms with Crippen molar-refractivity contribution in [3.05, 3.63) is 175 Å². The zero-order valence-corrected chi connectivity index (χ0v) is 30.2. The van der Waals surface area contributed by atoms with Gasteiger partial charge in [-0.3, -0.25) is 0 Å². The molecule has 0 atom stereocenters. The highest BCUT2D eigenvalue weighted by Crippen LogP contribution is 2.45. The summed E-state index contributed by atoms with van der Waals surface area (Å²) in [5, 5.41) is 27.6. The lowest BCUT2D eigenvalue weighted by atomic mass is 9.95. The first kappa shape index (κ1) is 31.5. The molecule has 0 bridgehead atoms. The number of hydrogen-bond acceptors (Lipinski definition) is 3. The molecule has 54 heavy (non-hydrogen) atoms. The standard InChI is InChI=1S/C49H30N4S/c1-3-31-13-7-8-16-36(31)47-30(2)52(41-22-21-33(25-39(41)47)32-14-5-4-6-15-32)43-26-35(29-51)44(27-34(43)28-50)53-40-19-11-9-17-37(40)48-42(53)23-24-46-49(48)38-18-10-12-20-45(38)54-46/h3-27H,1H2,2H3. The lowest BCUT2D eigenvalue weighted by molar-refractivity contribution is 1.04. The van der Waals surface area contributed by atoms with Crippen molar-refractivity contribution >= 4 is 70.3 Å². The average Bonchev–Trinajstić information content (AvgIpc) is 3.87. The number of benzene rings is 7. The summed E-state index contributed by atoms with van der Waals surface area (Å²) in [5.74, 6) is 0. The molecular weight excluding hydrogens is 677 g/mol. The van der Waals surface area contributed by atoms with Gasteiger partial charge in [-0.1, -0.05) is 110 Å². The highest BCUT2D eigenvalue weighted by atomic mass is 32.1. The Bertz CT molecular complexity index is 3270. The predicted molar refractivity (Wildman–Crippen MR) is 226 cm³/mol. The van der Waals surface area contributed by atoms with Crippen LogP contribution in [0, 0.1) is 29.6 Å². The Morgan fingerprint density at radius 3 is 1.98 bits per heavy atom. The van der Waals surface area contributed by atoms with E-state index in [4.69, 9.17) is 0 Å².